The summed E-state index contributed by atoms with van der Waals surface area (Å²) in [6.45, 7) is 0.724. The molecule has 1 aliphatic heterocycles. The highest BCUT2D eigenvalue weighted by atomic mass is 15.5. The predicted molar refractivity (Wildman–Crippen MR) is 86.4 cm³/mol. The van der Waals surface area contributed by atoms with Crippen molar-refractivity contribution in [2.45, 2.75) is 6.42 Å². The Kier molecular flexibility index (Phi) is 2.85. The number of nitrogens with zero attached hydrogens (tertiary/aromatic N) is 2. The maximum Gasteiger partial charge on any atom is 0.135 e. The van der Waals surface area contributed by atoms with Crippen molar-refractivity contribution < 1.29 is 0 Å². The number of amidine groups is 1. The van der Waals surface area contributed by atoms with E-state index in [1.807, 2.05) is 12.1 Å². The average Bonchev–Trinajstić information content (AvgIpc) is 3.16. The molecule has 0 aliphatic carbocycles. The lowest BCUT2D eigenvalue weighted by molar-refractivity contribution is 0.807. The molecule has 0 unspecified atom stereocenters. The number of H-pyrrole nitrogens is 1. The quantitative estimate of drug-likeness (QED) is 0.772. The predicted octanol–water partition coefficient (Wildman–Crippen LogP) is 3.09. The largest absolute Gasteiger partial charge is 0.361 e. The van der Waals surface area contributed by atoms with E-state index in [9.17, 15) is 0 Å². The molecule has 0 saturated carbocycles. The fourth-order valence-electron chi connectivity index (χ4n) is 2.78. The number of aromatic nitrogens is 1. The zero-order valence-corrected chi connectivity index (χ0v) is 11.6. The Bertz CT molecular complexity index is 789. The second-order valence-electron chi connectivity index (χ2n) is 5.14. The monoisotopic (exact) mass is 276 g/mol. The molecule has 2 N–H and O–H groups in total. The zero-order chi connectivity index (χ0) is 14.1. The van der Waals surface area contributed by atoms with Crippen LogP contribution in [0.5, 0.6) is 0 Å². The maximum absolute atomic E-state index is 4.45. The molecule has 0 saturated heterocycles. The van der Waals surface area contributed by atoms with Gasteiger partial charge in [-0.05, 0) is 23.8 Å². The van der Waals surface area contributed by atoms with Crippen LogP contribution in [0.15, 0.2) is 65.9 Å². The third kappa shape index (κ3) is 2.14. The van der Waals surface area contributed by atoms with E-state index in [2.05, 4.69) is 69.1 Å². The fraction of sp³-hybridized carbons (Fsp3) is 0.118. The van der Waals surface area contributed by atoms with Crippen LogP contribution in [0.25, 0.3) is 10.9 Å². The standard InChI is InChI=1S/C17H16N4/c1-2-6-14(7-3-1)21-12-19-20-17(21)10-13-11-18-16-9-5-4-8-15(13)16/h1-9,11,18-19H,10,12H2. The van der Waals surface area contributed by atoms with Crippen LogP contribution in [0.2, 0.25) is 0 Å². The molecule has 1 aliphatic rings. The van der Waals surface area contributed by atoms with E-state index in [4.69, 9.17) is 0 Å². The number of nitrogens with one attached hydrogen (secondary N) is 2. The highest BCUT2D eigenvalue weighted by Crippen LogP contribution is 2.22. The normalized spacial score (nSPS) is 14.3. The number of rotatable bonds is 3. The van der Waals surface area contributed by atoms with Crippen molar-refractivity contribution >= 4 is 22.4 Å². The first-order chi connectivity index (χ1) is 10.4. The Morgan fingerprint density at radius 3 is 2.71 bits per heavy atom. The van der Waals surface area contributed by atoms with Crippen LogP contribution in [-0.4, -0.2) is 17.5 Å². The molecule has 0 atom stereocenters. The number of fused-ring (bicyclic) bond motifs is 1. The van der Waals surface area contributed by atoms with Crippen LogP contribution in [-0.2, 0) is 6.42 Å². The van der Waals surface area contributed by atoms with Crippen LogP contribution in [0, 0.1) is 0 Å². The Hall–Kier alpha value is -2.75. The summed E-state index contributed by atoms with van der Waals surface area (Å²) in [4.78, 5) is 5.53. The number of para-hydroxylation sites is 2. The highest BCUT2D eigenvalue weighted by molar-refractivity contribution is 6.02. The number of hydrogen-bond acceptors (Lipinski definition) is 3. The molecule has 4 rings (SSSR count). The van der Waals surface area contributed by atoms with E-state index in [0.717, 1.165) is 18.9 Å². The van der Waals surface area contributed by atoms with Crippen molar-refractivity contribution in [2.24, 2.45) is 5.10 Å². The van der Waals surface area contributed by atoms with Gasteiger partial charge in [0, 0.05) is 29.2 Å². The minimum Gasteiger partial charge on any atom is -0.361 e. The minimum atomic E-state index is 0.724. The van der Waals surface area contributed by atoms with Gasteiger partial charge in [0.05, 0.1) is 0 Å². The van der Waals surface area contributed by atoms with Gasteiger partial charge in [-0.15, -0.1) is 0 Å². The molecule has 0 amide bonds. The van der Waals surface area contributed by atoms with Crippen molar-refractivity contribution in [3.8, 4) is 0 Å². The summed E-state index contributed by atoms with van der Waals surface area (Å²) in [6, 6.07) is 18.7. The van der Waals surface area contributed by atoms with Crippen molar-refractivity contribution in [3.05, 3.63) is 66.4 Å². The van der Waals surface area contributed by atoms with Gasteiger partial charge in [-0.25, -0.2) is 0 Å². The van der Waals surface area contributed by atoms with E-state index < -0.39 is 0 Å². The van der Waals surface area contributed by atoms with Crippen LogP contribution >= 0.6 is 0 Å². The summed E-state index contributed by atoms with van der Waals surface area (Å²) in [5.74, 6) is 1.05. The number of hydrazone groups is 1. The van der Waals surface area contributed by atoms with Crippen LogP contribution in [0.1, 0.15) is 5.56 Å². The fourth-order valence-corrected chi connectivity index (χ4v) is 2.78. The number of aromatic amines is 1. The van der Waals surface area contributed by atoms with Gasteiger partial charge in [0.1, 0.15) is 12.5 Å². The molecule has 4 heteroatoms. The lowest BCUT2D eigenvalue weighted by Crippen LogP contribution is -2.30. The van der Waals surface area contributed by atoms with Gasteiger partial charge < -0.3 is 9.88 Å². The molecule has 104 valence electrons. The number of benzene rings is 2. The second-order valence-corrected chi connectivity index (χ2v) is 5.14. The van der Waals surface area contributed by atoms with Crippen LogP contribution in [0.3, 0.4) is 0 Å². The van der Waals surface area contributed by atoms with E-state index in [1.54, 1.807) is 0 Å². The summed E-state index contributed by atoms with van der Waals surface area (Å²) in [7, 11) is 0. The Morgan fingerprint density at radius 2 is 1.81 bits per heavy atom. The van der Waals surface area contributed by atoms with Crippen LogP contribution in [0.4, 0.5) is 5.69 Å². The molecular formula is C17H16N4. The molecule has 3 aromatic rings. The molecule has 0 bridgehead atoms. The summed E-state index contributed by atoms with van der Waals surface area (Å²) in [6.07, 6.45) is 2.89. The molecule has 2 aromatic carbocycles. The molecule has 2 heterocycles. The third-order valence-electron chi connectivity index (χ3n) is 3.84. The van der Waals surface area contributed by atoms with E-state index in [-0.39, 0.29) is 0 Å². The first-order valence-corrected chi connectivity index (χ1v) is 7.09. The molecule has 1 aromatic heterocycles. The molecule has 4 nitrogen and oxygen atoms in total. The lowest BCUT2D eigenvalue weighted by atomic mass is 10.1. The Balaban J connectivity index is 1.64. The highest BCUT2D eigenvalue weighted by Gasteiger charge is 2.19. The van der Waals surface area contributed by atoms with Gasteiger partial charge in [-0.3, -0.25) is 5.43 Å². The number of anilines is 1. The maximum atomic E-state index is 4.45. The van der Waals surface area contributed by atoms with Gasteiger partial charge >= 0.3 is 0 Å². The van der Waals surface area contributed by atoms with Gasteiger partial charge in [0.2, 0.25) is 0 Å². The van der Waals surface area contributed by atoms with Gasteiger partial charge in [-0.2, -0.15) is 5.10 Å². The summed E-state index contributed by atoms with van der Waals surface area (Å²) < 4.78 is 0. The summed E-state index contributed by atoms with van der Waals surface area (Å²) in [5, 5.41) is 5.72. The lowest BCUT2D eigenvalue weighted by Gasteiger charge is -2.18. The van der Waals surface area contributed by atoms with E-state index >= 15 is 0 Å². The van der Waals surface area contributed by atoms with Crippen LogP contribution < -0.4 is 10.3 Å². The second kappa shape index (κ2) is 4.98. The van der Waals surface area contributed by atoms with Crippen molar-refractivity contribution in [2.75, 3.05) is 11.6 Å². The van der Waals surface area contributed by atoms with Gasteiger partial charge in [0.15, 0.2) is 0 Å². The van der Waals surface area contributed by atoms with Crippen molar-refractivity contribution in [1.29, 1.82) is 0 Å². The average molecular weight is 276 g/mol. The Labute approximate surface area is 123 Å². The first-order valence-electron chi connectivity index (χ1n) is 7.09. The smallest absolute Gasteiger partial charge is 0.135 e. The summed E-state index contributed by atoms with van der Waals surface area (Å²) >= 11 is 0. The topological polar surface area (TPSA) is 43.4 Å². The third-order valence-corrected chi connectivity index (χ3v) is 3.84. The van der Waals surface area contributed by atoms with E-state index in [1.165, 1.54) is 22.2 Å². The number of hydrogen-bond donors (Lipinski definition) is 2. The Morgan fingerprint density at radius 1 is 1.00 bits per heavy atom. The minimum absolute atomic E-state index is 0.724. The molecule has 0 radical (unpaired) electrons. The summed E-state index contributed by atoms with van der Waals surface area (Å²) in [5.41, 5.74) is 6.70. The van der Waals surface area contributed by atoms with E-state index in [0.29, 0.717) is 0 Å². The molecule has 0 fully saturated rings. The van der Waals surface area contributed by atoms with Gasteiger partial charge in [0.25, 0.3) is 0 Å². The first kappa shape index (κ1) is 12.0. The van der Waals surface area contributed by atoms with Gasteiger partial charge in [-0.1, -0.05) is 36.4 Å². The molecule has 21 heavy (non-hydrogen) atoms. The zero-order valence-electron chi connectivity index (χ0n) is 11.6. The van der Waals surface area contributed by atoms with Crippen molar-refractivity contribution in [3.63, 3.8) is 0 Å². The van der Waals surface area contributed by atoms with Crippen molar-refractivity contribution in [1.82, 2.24) is 10.4 Å². The molecule has 0 spiro atoms. The SMILES string of the molecule is c1ccc(N2CNN=C2Cc2c[nH]c3ccccc23)cc1. The molecular weight excluding hydrogens is 260 g/mol.